The van der Waals surface area contributed by atoms with Gasteiger partial charge in [0.2, 0.25) is 5.91 Å². The van der Waals surface area contributed by atoms with Gasteiger partial charge in [-0.05, 0) is 30.4 Å². The third kappa shape index (κ3) is 3.18. The van der Waals surface area contributed by atoms with Crippen molar-refractivity contribution in [1.29, 1.82) is 0 Å². The average Bonchev–Trinajstić information content (AvgIpc) is 3.03. The standard InChI is InChI=1S/C20H19N3O3/c24-18(21-17-12-6-10-14-7-4-5-11-16(14)17)13-23-19(22-26-20(23)25)15-8-2-1-3-9-15/h1-5,7-9,11,17H,6,10,12-13H2,(H,21,24). The molecular formula is C20H19N3O3. The minimum Gasteiger partial charge on any atom is -0.348 e. The Morgan fingerprint density at radius 3 is 2.77 bits per heavy atom. The molecule has 1 aliphatic rings. The first-order chi connectivity index (χ1) is 12.7. The Bertz CT molecular complexity index is 975. The predicted molar refractivity (Wildman–Crippen MR) is 96.5 cm³/mol. The number of carbonyl (C=O) groups is 1. The lowest BCUT2D eigenvalue weighted by Crippen LogP contribution is -2.35. The number of aryl methyl sites for hydroxylation is 1. The molecule has 0 aliphatic heterocycles. The molecule has 132 valence electrons. The number of nitrogens with zero attached hydrogens (tertiary/aromatic N) is 2. The van der Waals surface area contributed by atoms with Gasteiger partial charge in [-0.3, -0.25) is 9.32 Å². The van der Waals surface area contributed by atoms with Crippen LogP contribution in [-0.2, 0) is 17.8 Å². The summed E-state index contributed by atoms with van der Waals surface area (Å²) in [5, 5.41) is 6.87. The number of benzene rings is 2. The van der Waals surface area contributed by atoms with Gasteiger partial charge < -0.3 is 5.32 Å². The highest BCUT2D eigenvalue weighted by Gasteiger charge is 2.23. The third-order valence-corrected chi connectivity index (χ3v) is 4.72. The highest BCUT2D eigenvalue weighted by Crippen LogP contribution is 2.29. The first-order valence-corrected chi connectivity index (χ1v) is 8.71. The Balaban J connectivity index is 1.54. The Morgan fingerprint density at radius 2 is 1.92 bits per heavy atom. The van der Waals surface area contributed by atoms with Crippen molar-refractivity contribution in [3.8, 4) is 11.4 Å². The molecule has 3 aromatic rings. The van der Waals surface area contributed by atoms with Crippen LogP contribution in [0.1, 0.15) is 30.0 Å². The highest BCUT2D eigenvalue weighted by atomic mass is 16.5. The van der Waals surface area contributed by atoms with Crippen LogP contribution in [0, 0.1) is 0 Å². The number of hydrogen-bond donors (Lipinski definition) is 1. The molecule has 1 aromatic heterocycles. The van der Waals surface area contributed by atoms with Crippen LogP contribution in [0.4, 0.5) is 0 Å². The van der Waals surface area contributed by atoms with E-state index in [-0.39, 0.29) is 18.5 Å². The van der Waals surface area contributed by atoms with Crippen LogP contribution in [0.25, 0.3) is 11.4 Å². The van der Waals surface area contributed by atoms with Crippen molar-refractivity contribution in [3.05, 3.63) is 76.3 Å². The smallest absolute Gasteiger partial charge is 0.348 e. The van der Waals surface area contributed by atoms with Crippen molar-refractivity contribution in [2.24, 2.45) is 0 Å². The summed E-state index contributed by atoms with van der Waals surface area (Å²) in [4.78, 5) is 24.6. The Morgan fingerprint density at radius 1 is 1.15 bits per heavy atom. The van der Waals surface area contributed by atoms with Crippen LogP contribution in [0.2, 0.25) is 0 Å². The van der Waals surface area contributed by atoms with Crippen LogP contribution in [-0.4, -0.2) is 15.6 Å². The molecule has 0 spiro atoms. The largest absolute Gasteiger partial charge is 0.442 e. The minimum atomic E-state index is -0.636. The summed E-state index contributed by atoms with van der Waals surface area (Å²) in [6.07, 6.45) is 2.96. The maximum Gasteiger partial charge on any atom is 0.442 e. The summed E-state index contributed by atoms with van der Waals surface area (Å²) in [6, 6.07) is 17.4. The zero-order chi connectivity index (χ0) is 17.9. The van der Waals surface area contributed by atoms with Gasteiger partial charge in [0.15, 0.2) is 5.82 Å². The first-order valence-electron chi connectivity index (χ1n) is 8.71. The zero-order valence-electron chi connectivity index (χ0n) is 14.2. The molecule has 0 bridgehead atoms. The first kappa shape index (κ1) is 16.3. The van der Waals surface area contributed by atoms with E-state index in [4.69, 9.17) is 4.52 Å². The van der Waals surface area contributed by atoms with Gasteiger partial charge in [0.05, 0.1) is 6.04 Å². The van der Waals surface area contributed by atoms with Gasteiger partial charge in [-0.2, -0.15) is 0 Å². The van der Waals surface area contributed by atoms with E-state index in [0.717, 1.165) is 30.4 Å². The molecule has 0 saturated heterocycles. The SMILES string of the molecule is O=C(Cn1c(-c2ccccc2)noc1=O)NC1CCCc2ccccc21. The maximum absolute atomic E-state index is 12.6. The fraction of sp³-hybridized carbons (Fsp3) is 0.250. The summed E-state index contributed by atoms with van der Waals surface area (Å²) in [5.74, 6) is -0.507. The van der Waals surface area contributed by atoms with Gasteiger partial charge >= 0.3 is 5.76 Å². The number of rotatable bonds is 4. The van der Waals surface area contributed by atoms with Crippen molar-refractivity contribution in [2.45, 2.75) is 31.8 Å². The van der Waals surface area contributed by atoms with Crippen molar-refractivity contribution in [3.63, 3.8) is 0 Å². The molecular weight excluding hydrogens is 330 g/mol. The number of amides is 1. The zero-order valence-corrected chi connectivity index (χ0v) is 14.2. The van der Waals surface area contributed by atoms with Crippen LogP contribution in [0.3, 0.4) is 0 Å². The second-order valence-electron chi connectivity index (χ2n) is 6.44. The molecule has 0 fully saturated rings. The molecule has 1 unspecified atom stereocenters. The van der Waals surface area contributed by atoms with E-state index in [1.165, 1.54) is 10.1 Å². The molecule has 0 saturated carbocycles. The summed E-state index contributed by atoms with van der Waals surface area (Å²) >= 11 is 0. The number of nitrogens with one attached hydrogen (secondary N) is 1. The lowest BCUT2D eigenvalue weighted by Gasteiger charge is -2.26. The summed E-state index contributed by atoms with van der Waals surface area (Å²) in [5.41, 5.74) is 3.17. The van der Waals surface area contributed by atoms with Gasteiger partial charge in [-0.25, -0.2) is 9.36 Å². The van der Waals surface area contributed by atoms with Crippen molar-refractivity contribution in [1.82, 2.24) is 15.0 Å². The Hall–Kier alpha value is -3.15. The van der Waals surface area contributed by atoms with Crippen LogP contribution in [0.5, 0.6) is 0 Å². The molecule has 1 amide bonds. The summed E-state index contributed by atoms with van der Waals surface area (Å²) < 4.78 is 6.04. The van der Waals surface area contributed by atoms with Crippen molar-refractivity contribution >= 4 is 5.91 Å². The van der Waals surface area contributed by atoms with E-state index in [1.54, 1.807) is 0 Å². The number of hydrogen-bond acceptors (Lipinski definition) is 4. The van der Waals surface area contributed by atoms with E-state index in [9.17, 15) is 9.59 Å². The van der Waals surface area contributed by atoms with E-state index in [2.05, 4.69) is 22.6 Å². The van der Waals surface area contributed by atoms with Crippen molar-refractivity contribution in [2.75, 3.05) is 0 Å². The molecule has 0 radical (unpaired) electrons. The fourth-order valence-corrected chi connectivity index (χ4v) is 3.49. The lowest BCUT2D eigenvalue weighted by molar-refractivity contribution is -0.122. The predicted octanol–water partition coefficient (Wildman–Crippen LogP) is 2.70. The van der Waals surface area contributed by atoms with E-state index >= 15 is 0 Å². The fourth-order valence-electron chi connectivity index (χ4n) is 3.49. The third-order valence-electron chi connectivity index (χ3n) is 4.72. The van der Waals surface area contributed by atoms with Crippen LogP contribution >= 0.6 is 0 Å². The summed E-state index contributed by atoms with van der Waals surface area (Å²) in [6.45, 7) is -0.120. The van der Waals surface area contributed by atoms with Crippen molar-refractivity contribution < 1.29 is 9.32 Å². The van der Waals surface area contributed by atoms with E-state index < -0.39 is 5.76 Å². The molecule has 4 rings (SSSR count). The average molecular weight is 349 g/mol. The molecule has 1 heterocycles. The molecule has 1 aliphatic carbocycles. The maximum atomic E-state index is 12.6. The topological polar surface area (TPSA) is 77.1 Å². The normalized spacial score (nSPS) is 16.1. The van der Waals surface area contributed by atoms with Gasteiger partial charge in [-0.15, -0.1) is 0 Å². The molecule has 2 aromatic carbocycles. The van der Waals surface area contributed by atoms with Gasteiger partial charge in [0, 0.05) is 5.56 Å². The number of aromatic nitrogens is 2. The van der Waals surface area contributed by atoms with E-state index in [0.29, 0.717) is 5.82 Å². The number of carbonyl (C=O) groups excluding carboxylic acids is 1. The van der Waals surface area contributed by atoms with Gasteiger partial charge in [0.25, 0.3) is 0 Å². The minimum absolute atomic E-state index is 0.0248. The second kappa shape index (κ2) is 7.00. The number of fused-ring (bicyclic) bond motifs is 1. The molecule has 26 heavy (non-hydrogen) atoms. The highest BCUT2D eigenvalue weighted by molar-refractivity contribution is 5.77. The monoisotopic (exact) mass is 349 g/mol. The van der Waals surface area contributed by atoms with Crippen LogP contribution < -0.4 is 11.1 Å². The Labute approximate surface area is 150 Å². The molecule has 6 nitrogen and oxygen atoms in total. The molecule has 6 heteroatoms. The van der Waals surface area contributed by atoms with Crippen LogP contribution in [0.15, 0.2) is 63.9 Å². The second-order valence-corrected chi connectivity index (χ2v) is 6.44. The van der Waals surface area contributed by atoms with Gasteiger partial charge in [0.1, 0.15) is 6.54 Å². The lowest BCUT2D eigenvalue weighted by atomic mass is 9.88. The van der Waals surface area contributed by atoms with E-state index in [1.807, 2.05) is 42.5 Å². The molecule has 1 atom stereocenters. The Kier molecular flexibility index (Phi) is 4.39. The quantitative estimate of drug-likeness (QED) is 0.786. The summed E-state index contributed by atoms with van der Waals surface area (Å²) in [7, 11) is 0. The van der Waals surface area contributed by atoms with Gasteiger partial charge in [-0.1, -0.05) is 59.8 Å². The molecule has 1 N–H and O–H groups in total.